The molecule has 0 saturated carbocycles. The third-order valence-corrected chi connectivity index (χ3v) is 1.58. The highest BCUT2D eigenvalue weighted by molar-refractivity contribution is 14.1. The molecular weight excluding hydrogens is 232 g/mol. The Morgan fingerprint density at radius 1 is 1.22 bits per heavy atom. The lowest BCUT2D eigenvalue weighted by Crippen LogP contribution is -1.77. The van der Waals surface area contributed by atoms with Crippen LogP contribution in [0, 0.1) is 5.82 Å². The number of benzene rings is 1. The van der Waals surface area contributed by atoms with E-state index in [1.54, 1.807) is 12.1 Å². The molecule has 1 nitrogen and oxygen atoms in total. The smallest absolute Gasteiger partial charge is 0.123 e. The molecule has 0 aliphatic carbocycles. The first-order chi connectivity index (χ1) is 4.33. The predicted molar refractivity (Wildman–Crippen MR) is 44.0 cm³/mol. The Labute approximate surface area is 66.8 Å². The Balaban J connectivity index is 2.88. The van der Waals surface area contributed by atoms with Gasteiger partial charge in [0.2, 0.25) is 0 Å². The molecule has 1 aromatic carbocycles. The summed E-state index contributed by atoms with van der Waals surface area (Å²) in [7, 11) is 0. The zero-order valence-corrected chi connectivity index (χ0v) is 6.72. The number of halogens is 2. The first-order valence-corrected chi connectivity index (χ1v) is 3.53. The molecule has 1 rings (SSSR count). The van der Waals surface area contributed by atoms with Crippen LogP contribution in [0.4, 0.5) is 10.1 Å². The summed E-state index contributed by atoms with van der Waals surface area (Å²) in [6, 6.07) is 6.20. The van der Waals surface area contributed by atoms with Gasteiger partial charge in [-0.25, -0.2) is 4.39 Å². The van der Waals surface area contributed by atoms with Gasteiger partial charge >= 0.3 is 0 Å². The summed E-state index contributed by atoms with van der Waals surface area (Å²) in [5, 5.41) is 0. The lowest BCUT2D eigenvalue weighted by molar-refractivity contribution is 0.628. The summed E-state index contributed by atoms with van der Waals surface area (Å²) in [5.41, 5.74) is 0.914. The third-order valence-electron chi connectivity index (χ3n) is 0.953. The Bertz CT molecular complexity index is 185. The second-order valence-electron chi connectivity index (χ2n) is 1.60. The van der Waals surface area contributed by atoms with Gasteiger partial charge in [-0.15, -0.1) is 0 Å². The molecule has 0 heterocycles. The number of hydrogen-bond acceptors (Lipinski definition) is 1. The van der Waals surface area contributed by atoms with E-state index < -0.39 is 0 Å². The molecule has 0 spiro atoms. The molecule has 0 aliphatic heterocycles. The maximum atomic E-state index is 12.2. The van der Waals surface area contributed by atoms with Crippen LogP contribution in [-0.2, 0) is 0 Å². The molecule has 0 aliphatic rings. The maximum absolute atomic E-state index is 12.2. The van der Waals surface area contributed by atoms with Crippen molar-refractivity contribution in [2.24, 2.45) is 0 Å². The second-order valence-corrected chi connectivity index (χ2v) is 2.14. The van der Waals surface area contributed by atoms with Crippen molar-refractivity contribution in [2.45, 2.75) is 0 Å². The molecule has 48 valence electrons. The van der Waals surface area contributed by atoms with E-state index in [2.05, 4.69) is 3.53 Å². The van der Waals surface area contributed by atoms with Crippen LogP contribution >= 0.6 is 22.9 Å². The SMILES string of the molecule is Fc1ccc(NI)cc1. The van der Waals surface area contributed by atoms with Crippen LogP contribution in [0.5, 0.6) is 0 Å². The molecule has 0 saturated heterocycles. The van der Waals surface area contributed by atoms with Gasteiger partial charge in [0.05, 0.1) is 22.9 Å². The highest BCUT2D eigenvalue weighted by Crippen LogP contribution is 2.09. The minimum atomic E-state index is -0.203. The summed E-state index contributed by atoms with van der Waals surface area (Å²) in [5.74, 6) is -0.203. The predicted octanol–water partition coefficient (Wildman–Crippen LogP) is 2.59. The molecule has 0 unspecified atom stereocenters. The van der Waals surface area contributed by atoms with Crippen molar-refractivity contribution >= 4 is 28.6 Å². The van der Waals surface area contributed by atoms with Gasteiger partial charge in [-0.2, -0.15) is 0 Å². The fourth-order valence-corrected chi connectivity index (χ4v) is 0.872. The molecule has 1 N–H and O–H groups in total. The highest BCUT2D eigenvalue weighted by atomic mass is 127. The van der Waals surface area contributed by atoms with Crippen molar-refractivity contribution in [3.8, 4) is 0 Å². The van der Waals surface area contributed by atoms with Gasteiger partial charge in [-0.3, -0.25) is 0 Å². The first kappa shape index (κ1) is 6.80. The van der Waals surface area contributed by atoms with Gasteiger partial charge in [0, 0.05) is 5.69 Å². The largest absolute Gasteiger partial charge is 0.328 e. The van der Waals surface area contributed by atoms with Crippen molar-refractivity contribution in [1.82, 2.24) is 0 Å². The van der Waals surface area contributed by atoms with Crippen LogP contribution in [0.15, 0.2) is 24.3 Å². The number of nitrogens with one attached hydrogen (secondary N) is 1. The molecule has 0 fully saturated rings. The van der Waals surface area contributed by atoms with Crippen molar-refractivity contribution in [2.75, 3.05) is 3.53 Å². The van der Waals surface area contributed by atoms with Crippen molar-refractivity contribution in [1.29, 1.82) is 0 Å². The zero-order chi connectivity index (χ0) is 6.69. The summed E-state index contributed by atoms with van der Waals surface area (Å²) >= 11 is 1.99. The van der Waals surface area contributed by atoms with Gasteiger partial charge in [-0.1, -0.05) is 0 Å². The lowest BCUT2D eigenvalue weighted by atomic mass is 10.3. The zero-order valence-electron chi connectivity index (χ0n) is 4.57. The van der Waals surface area contributed by atoms with Crippen LogP contribution in [0.2, 0.25) is 0 Å². The molecule has 0 amide bonds. The van der Waals surface area contributed by atoms with Crippen molar-refractivity contribution < 1.29 is 4.39 Å². The number of hydrogen-bond donors (Lipinski definition) is 1. The first-order valence-electron chi connectivity index (χ1n) is 2.45. The van der Waals surface area contributed by atoms with Crippen LogP contribution in [0.1, 0.15) is 0 Å². The minimum Gasteiger partial charge on any atom is -0.328 e. The standard InChI is InChI=1S/C6H5FIN/c7-5-1-3-6(9-8)4-2-5/h1-4,9H. The Hall–Kier alpha value is -0.320. The van der Waals surface area contributed by atoms with Crippen LogP contribution in [0.3, 0.4) is 0 Å². The number of anilines is 1. The van der Waals surface area contributed by atoms with Crippen LogP contribution in [0.25, 0.3) is 0 Å². The highest BCUT2D eigenvalue weighted by Gasteiger charge is 1.87. The minimum absolute atomic E-state index is 0.203. The van der Waals surface area contributed by atoms with Crippen LogP contribution < -0.4 is 3.53 Å². The molecular formula is C6H5FIN. The van der Waals surface area contributed by atoms with Gasteiger partial charge in [0.25, 0.3) is 0 Å². The van der Waals surface area contributed by atoms with Gasteiger partial charge in [-0.05, 0) is 24.3 Å². The Morgan fingerprint density at radius 3 is 2.22 bits per heavy atom. The Morgan fingerprint density at radius 2 is 1.78 bits per heavy atom. The van der Waals surface area contributed by atoms with E-state index >= 15 is 0 Å². The van der Waals surface area contributed by atoms with Gasteiger partial charge in [0.15, 0.2) is 0 Å². The van der Waals surface area contributed by atoms with E-state index in [-0.39, 0.29) is 5.82 Å². The lowest BCUT2D eigenvalue weighted by Gasteiger charge is -1.93. The van der Waals surface area contributed by atoms with Crippen LogP contribution in [-0.4, -0.2) is 0 Å². The van der Waals surface area contributed by atoms with Gasteiger partial charge in [0.1, 0.15) is 5.82 Å². The molecule has 0 radical (unpaired) electrons. The molecule has 0 atom stereocenters. The van der Waals surface area contributed by atoms with E-state index in [1.165, 1.54) is 12.1 Å². The fourth-order valence-electron chi connectivity index (χ4n) is 0.513. The summed E-state index contributed by atoms with van der Waals surface area (Å²) in [4.78, 5) is 0. The molecule has 1 aromatic rings. The van der Waals surface area contributed by atoms with Crippen molar-refractivity contribution in [3.05, 3.63) is 30.1 Å². The quantitative estimate of drug-likeness (QED) is 0.584. The van der Waals surface area contributed by atoms with E-state index in [0.29, 0.717) is 0 Å². The maximum Gasteiger partial charge on any atom is 0.123 e. The summed E-state index contributed by atoms with van der Waals surface area (Å²) in [6.45, 7) is 0. The average molecular weight is 237 g/mol. The van der Waals surface area contributed by atoms with Gasteiger partial charge < -0.3 is 3.53 Å². The van der Waals surface area contributed by atoms with Crippen molar-refractivity contribution in [3.63, 3.8) is 0 Å². The second kappa shape index (κ2) is 3.00. The fraction of sp³-hybridized carbons (Fsp3) is 0. The molecule has 3 heteroatoms. The third kappa shape index (κ3) is 1.82. The molecule has 0 bridgehead atoms. The topological polar surface area (TPSA) is 12.0 Å². The summed E-state index contributed by atoms with van der Waals surface area (Å²) < 4.78 is 15.1. The molecule has 0 aromatic heterocycles. The average Bonchev–Trinajstić information content (AvgIpc) is 1.90. The van der Waals surface area contributed by atoms with E-state index in [0.717, 1.165) is 5.69 Å². The Kier molecular flexibility index (Phi) is 2.27. The van der Waals surface area contributed by atoms with E-state index in [1.807, 2.05) is 22.9 Å². The summed E-state index contributed by atoms with van der Waals surface area (Å²) in [6.07, 6.45) is 0. The number of rotatable bonds is 1. The normalized spacial score (nSPS) is 9.11. The van der Waals surface area contributed by atoms with E-state index in [9.17, 15) is 4.39 Å². The monoisotopic (exact) mass is 237 g/mol. The molecule has 9 heavy (non-hydrogen) atoms. The van der Waals surface area contributed by atoms with E-state index in [4.69, 9.17) is 0 Å².